The highest BCUT2D eigenvalue weighted by Crippen LogP contribution is 2.23. The predicted octanol–water partition coefficient (Wildman–Crippen LogP) is 5.01. The number of methoxy groups -OCH3 is 2. The van der Waals surface area contributed by atoms with Gasteiger partial charge in [0.1, 0.15) is 11.5 Å². The van der Waals surface area contributed by atoms with Crippen molar-refractivity contribution >= 4 is 27.8 Å². The van der Waals surface area contributed by atoms with Gasteiger partial charge in [0.2, 0.25) is 4.80 Å². The van der Waals surface area contributed by atoms with Gasteiger partial charge >= 0.3 is 0 Å². The summed E-state index contributed by atoms with van der Waals surface area (Å²) >= 11 is 1.64. The number of ether oxygens (including phenoxy) is 2. The Morgan fingerprint density at radius 2 is 1.80 bits per heavy atom. The fourth-order valence-corrected chi connectivity index (χ4v) is 4.34. The lowest BCUT2D eigenvalue weighted by atomic mass is 10.2. The number of hydrogen-bond donors (Lipinski definition) is 0. The van der Waals surface area contributed by atoms with Crippen LogP contribution in [0.1, 0.15) is 16.7 Å². The molecule has 0 radical (unpaired) electrons. The molecule has 0 atom stereocenters. The fraction of sp³-hybridized carbons (Fsp3) is 0.167. The number of hydrogen-bond acceptors (Lipinski definition) is 5. The van der Waals surface area contributed by atoms with Crippen LogP contribution in [0.4, 0.5) is 0 Å². The van der Waals surface area contributed by atoms with Crippen molar-refractivity contribution in [2.45, 2.75) is 13.5 Å². The van der Waals surface area contributed by atoms with Crippen molar-refractivity contribution in [2.75, 3.05) is 14.2 Å². The number of thiazole rings is 1. The van der Waals surface area contributed by atoms with Crippen LogP contribution in [0.2, 0.25) is 0 Å². The van der Waals surface area contributed by atoms with E-state index in [9.17, 15) is 0 Å². The van der Waals surface area contributed by atoms with Crippen LogP contribution in [-0.2, 0) is 6.54 Å². The lowest BCUT2D eigenvalue weighted by Crippen LogP contribution is -2.15. The zero-order valence-corrected chi connectivity index (χ0v) is 18.0. The lowest BCUT2D eigenvalue weighted by molar-refractivity contribution is 0.402. The Bertz CT molecular complexity index is 1260. The molecule has 152 valence electrons. The van der Waals surface area contributed by atoms with Gasteiger partial charge in [-0.3, -0.25) is 0 Å². The zero-order valence-electron chi connectivity index (χ0n) is 17.2. The highest BCUT2D eigenvalue weighted by molar-refractivity contribution is 7.16. The SMILES string of the molecule is COc1ccc(OC)c(/C=N\N=c2/sc3cc(C)ccc3n2Cc2ccccc2)c1. The molecule has 0 N–H and O–H groups in total. The summed E-state index contributed by atoms with van der Waals surface area (Å²) in [4.78, 5) is 0.845. The van der Waals surface area contributed by atoms with Gasteiger partial charge in [-0.05, 0) is 48.4 Å². The van der Waals surface area contributed by atoms with E-state index in [0.717, 1.165) is 33.9 Å². The third-order valence-electron chi connectivity index (χ3n) is 4.80. The molecule has 3 aromatic carbocycles. The molecular weight excluding hydrogens is 394 g/mol. The van der Waals surface area contributed by atoms with Gasteiger partial charge in [0.25, 0.3) is 0 Å². The van der Waals surface area contributed by atoms with E-state index in [-0.39, 0.29) is 0 Å². The van der Waals surface area contributed by atoms with Crippen molar-refractivity contribution < 1.29 is 9.47 Å². The number of fused-ring (bicyclic) bond motifs is 1. The van der Waals surface area contributed by atoms with Gasteiger partial charge in [0.15, 0.2) is 0 Å². The van der Waals surface area contributed by atoms with Crippen LogP contribution in [0.15, 0.2) is 76.9 Å². The van der Waals surface area contributed by atoms with Gasteiger partial charge in [-0.1, -0.05) is 47.7 Å². The first-order valence-electron chi connectivity index (χ1n) is 9.61. The molecule has 0 saturated heterocycles. The minimum Gasteiger partial charge on any atom is -0.497 e. The van der Waals surface area contributed by atoms with Gasteiger partial charge in [-0.25, -0.2) is 0 Å². The Morgan fingerprint density at radius 1 is 0.967 bits per heavy atom. The van der Waals surface area contributed by atoms with Crippen LogP contribution < -0.4 is 14.3 Å². The third-order valence-corrected chi connectivity index (χ3v) is 5.83. The molecule has 1 aromatic heterocycles. The van der Waals surface area contributed by atoms with Crippen molar-refractivity contribution in [1.29, 1.82) is 0 Å². The number of rotatable bonds is 6. The molecule has 0 amide bonds. The smallest absolute Gasteiger partial charge is 0.211 e. The van der Waals surface area contributed by atoms with E-state index >= 15 is 0 Å². The molecule has 5 nitrogen and oxygen atoms in total. The maximum atomic E-state index is 5.42. The molecule has 0 spiro atoms. The summed E-state index contributed by atoms with van der Waals surface area (Å²) in [5, 5.41) is 8.92. The summed E-state index contributed by atoms with van der Waals surface area (Å²) in [5.41, 5.74) is 4.42. The first kappa shape index (κ1) is 19.9. The molecule has 0 aliphatic heterocycles. The number of nitrogens with zero attached hydrogens (tertiary/aromatic N) is 3. The van der Waals surface area contributed by atoms with E-state index < -0.39 is 0 Å². The predicted molar refractivity (Wildman–Crippen MR) is 123 cm³/mol. The average molecular weight is 418 g/mol. The maximum Gasteiger partial charge on any atom is 0.211 e. The van der Waals surface area contributed by atoms with E-state index in [2.05, 4.69) is 64.2 Å². The van der Waals surface area contributed by atoms with Gasteiger partial charge < -0.3 is 14.0 Å². The number of aromatic nitrogens is 1. The Labute approximate surface area is 179 Å². The highest BCUT2D eigenvalue weighted by Gasteiger charge is 2.08. The average Bonchev–Trinajstić information content (AvgIpc) is 3.10. The van der Waals surface area contributed by atoms with Crippen molar-refractivity contribution in [3.8, 4) is 11.5 Å². The molecule has 0 aliphatic rings. The van der Waals surface area contributed by atoms with Crippen molar-refractivity contribution in [1.82, 2.24) is 4.57 Å². The monoisotopic (exact) mass is 417 g/mol. The third kappa shape index (κ3) is 4.28. The normalized spacial score (nSPS) is 12.0. The second-order valence-corrected chi connectivity index (χ2v) is 7.89. The molecule has 0 fully saturated rings. The molecule has 0 aliphatic carbocycles. The Balaban J connectivity index is 1.77. The molecule has 4 aromatic rings. The number of aryl methyl sites for hydroxylation is 1. The van der Waals surface area contributed by atoms with E-state index in [0.29, 0.717) is 0 Å². The summed E-state index contributed by atoms with van der Waals surface area (Å²) < 4.78 is 14.1. The van der Waals surface area contributed by atoms with Crippen molar-refractivity contribution in [3.05, 3.63) is 88.2 Å². The number of benzene rings is 3. The van der Waals surface area contributed by atoms with Gasteiger partial charge in [0, 0.05) is 5.56 Å². The largest absolute Gasteiger partial charge is 0.497 e. The van der Waals surface area contributed by atoms with Crippen LogP contribution >= 0.6 is 11.3 Å². The lowest BCUT2D eigenvalue weighted by Gasteiger charge is -2.06. The summed E-state index contributed by atoms with van der Waals surface area (Å²) in [5.74, 6) is 1.47. The molecule has 6 heteroatoms. The van der Waals surface area contributed by atoms with Crippen molar-refractivity contribution in [3.63, 3.8) is 0 Å². The highest BCUT2D eigenvalue weighted by atomic mass is 32.1. The summed E-state index contributed by atoms with van der Waals surface area (Å²) in [6.07, 6.45) is 1.70. The van der Waals surface area contributed by atoms with Gasteiger partial charge in [-0.15, -0.1) is 5.10 Å². The Morgan fingerprint density at radius 3 is 2.57 bits per heavy atom. The maximum absolute atomic E-state index is 5.42. The first-order chi connectivity index (χ1) is 14.7. The zero-order chi connectivity index (χ0) is 20.9. The molecule has 0 bridgehead atoms. The molecule has 30 heavy (non-hydrogen) atoms. The molecule has 4 rings (SSSR count). The van der Waals surface area contributed by atoms with E-state index in [1.54, 1.807) is 31.8 Å². The van der Waals surface area contributed by atoms with Crippen LogP contribution in [0, 0.1) is 6.92 Å². The summed E-state index contributed by atoms with van der Waals surface area (Å²) in [6, 6.07) is 22.4. The van der Waals surface area contributed by atoms with E-state index in [1.165, 1.54) is 15.8 Å². The van der Waals surface area contributed by atoms with Crippen LogP contribution in [-0.4, -0.2) is 25.0 Å². The second kappa shape index (κ2) is 8.97. The second-order valence-electron chi connectivity index (χ2n) is 6.88. The van der Waals surface area contributed by atoms with Gasteiger partial charge in [0.05, 0.1) is 37.2 Å². The van der Waals surface area contributed by atoms with Gasteiger partial charge in [-0.2, -0.15) is 5.10 Å². The molecular formula is C24H23N3O2S. The van der Waals surface area contributed by atoms with Crippen LogP contribution in [0.3, 0.4) is 0 Å². The van der Waals surface area contributed by atoms with E-state index in [1.807, 2.05) is 24.3 Å². The quantitative estimate of drug-likeness (QED) is 0.327. The van der Waals surface area contributed by atoms with Crippen LogP contribution in [0.5, 0.6) is 11.5 Å². The topological polar surface area (TPSA) is 48.1 Å². The standard InChI is InChI=1S/C24H23N3O2S/c1-17-9-11-21-23(13-17)30-24(27(21)16-18-7-5-4-6-8-18)26-25-15-19-14-20(28-2)10-12-22(19)29-3/h4-15H,16H2,1-3H3/b25-15-,26-24-. The molecule has 1 heterocycles. The van der Waals surface area contributed by atoms with Crippen LogP contribution in [0.25, 0.3) is 10.2 Å². The minimum absolute atomic E-state index is 0.721. The molecule has 0 unspecified atom stereocenters. The Hall–Kier alpha value is -3.38. The summed E-state index contributed by atoms with van der Waals surface area (Å²) in [7, 11) is 3.28. The van der Waals surface area contributed by atoms with Crippen molar-refractivity contribution in [2.24, 2.45) is 10.2 Å². The Kier molecular flexibility index (Phi) is 5.95. The first-order valence-corrected chi connectivity index (χ1v) is 10.4. The summed E-state index contributed by atoms with van der Waals surface area (Å²) in [6.45, 7) is 2.84. The minimum atomic E-state index is 0.721. The molecule has 0 saturated carbocycles. The fourth-order valence-electron chi connectivity index (χ4n) is 3.26. The van der Waals surface area contributed by atoms with E-state index in [4.69, 9.17) is 9.47 Å².